The predicted molar refractivity (Wildman–Crippen MR) is 101 cm³/mol. The highest BCUT2D eigenvalue weighted by Gasteiger charge is 2.23. The van der Waals surface area contributed by atoms with E-state index in [0.29, 0.717) is 12.1 Å². The molecule has 1 aromatic rings. The van der Waals surface area contributed by atoms with E-state index in [1.807, 2.05) is 11.8 Å². The lowest BCUT2D eigenvalue weighted by molar-refractivity contribution is -0.0390. The van der Waals surface area contributed by atoms with E-state index in [1.165, 1.54) is 36.8 Å². The number of rotatable bonds is 7. The number of benzene rings is 1. The van der Waals surface area contributed by atoms with Gasteiger partial charge in [0.05, 0.1) is 12.7 Å². The summed E-state index contributed by atoms with van der Waals surface area (Å²) >= 11 is 2.02. The van der Waals surface area contributed by atoms with Crippen LogP contribution in [-0.4, -0.2) is 36.9 Å². The maximum absolute atomic E-state index is 6.05. The maximum atomic E-state index is 6.05. The molecule has 0 bridgehead atoms. The number of hydrogen-bond acceptors (Lipinski definition) is 4. The van der Waals surface area contributed by atoms with Crippen LogP contribution in [0.4, 0.5) is 0 Å². The maximum Gasteiger partial charge on any atom is 0.0720 e. The van der Waals surface area contributed by atoms with Crippen LogP contribution in [0.25, 0.3) is 0 Å². The minimum Gasteiger partial charge on any atom is -0.381 e. The summed E-state index contributed by atoms with van der Waals surface area (Å²) in [7, 11) is 0. The Labute approximate surface area is 150 Å². The lowest BCUT2D eigenvalue weighted by Gasteiger charge is -2.31. The molecule has 1 saturated carbocycles. The van der Waals surface area contributed by atoms with Crippen LogP contribution in [0.3, 0.4) is 0 Å². The molecule has 1 saturated heterocycles. The average Bonchev–Trinajstić information content (AvgIpc) is 2.66. The molecule has 1 aromatic carbocycles. The molecule has 24 heavy (non-hydrogen) atoms. The largest absolute Gasteiger partial charge is 0.381 e. The first-order valence-electron chi connectivity index (χ1n) is 9.38. The zero-order chi connectivity index (χ0) is 16.6. The Morgan fingerprint density at radius 2 is 1.92 bits per heavy atom. The molecule has 0 aromatic heterocycles. The summed E-state index contributed by atoms with van der Waals surface area (Å²) in [6.45, 7) is 3.36. The monoisotopic (exact) mass is 349 g/mol. The third kappa shape index (κ3) is 5.48. The molecule has 0 amide bonds. The summed E-state index contributed by atoms with van der Waals surface area (Å²) in [5.74, 6) is 0. The molecule has 2 aliphatic rings. The van der Waals surface area contributed by atoms with Crippen molar-refractivity contribution in [3.63, 3.8) is 0 Å². The number of hydrogen-bond donors (Lipinski definition) is 1. The summed E-state index contributed by atoms with van der Waals surface area (Å²) < 4.78 is 11.4. The number of ether oxygens (including phenoxy) is 2. The summed E-state index contributed by atoms with van der Waals surface area (Å²) in [5.41, 5.74) is 2.65. The molecule has 0 spiro atoms. The molecule has 1 aliphatic carbocycles. The second kappa shape index (κ2) is 9.81. The van der Waals surface area contributed by atoms with Crippen LogP contribution in [0.15, 0.2) is 24.3 Å². The molecule has 3 nitrogen and oxygen atoms in total. The van der Waals surface area contributed by atoms with Gasteiger partial charge in [-0.25, -0.2) is 0 Å². The quantitative estimate of drug-likeness (QED) is 0.801. The fraction of sp³-hybridized carbons (Fsp3) is 0.700. The van der Waals surface area contributed by atoms with Gasteiger partial charge in [0.2, 0.25) is 0 Å². The molecule has 2 fully saturated rings. The van der Waals surface area contributed by atoms with E-state index in [2.05, 4.69) is 35.8 Å². The highest BCUT2D eigenvalue weighted by Crippen LogP contribution is 2.27. The first-order chi connectivity index (χ1) is 11.8. The molecule has 2 unspecified atom stereocenters. The zero-order valence-corrected chi connectivity index (χ0v) is 15.7. The van der Waals surface area contributed by atoms with Gasteiger partial charge in [-0.3, -0.25) is 0 Å². The van der Waals surface area contributed by atoms with Crippen molar-refractivity contribution in [3.05, 3.63) is 35.4 Å². The highest BCUT2D eigenvalue weighted by molar-refractivity contribution is 7.99. The van der Waals surface area contributed by atoms with Crippen LogP contribution in [0.5, 0.6) is 0 Å². The Balaban J connectivity index is 1.47. The first kappa shape index (κ1) is 18.2. The van der Waals surface area contributed by atoms with E-state index in [9.17, 15) is 0 Å². The van der Waals surface area contributed by atoms with Crippen molar-refractivity contribution < 1.29 is 9.47 Å². The fourth-order valence-electron chi connectivity index (χ4n) is 3.75. The Hall–Kier alpha value is -0.550. The summed E-state index contributed by atoms with van der Waals surface area (Å²) in [6, 6.07) is 9.52. The van der Waals surface area contributed by atoms with E-state index in [-0.39, 0.29) is 0 Å². The molecule has 1 N–H and O–H groups in total. The lowest BCUT2D eigenvalue weighted by atomic mass is 9.94. The van der Waals surface area contributed by atoms with Gasteiger partial charge >= 0.3 is 0 Å². The highest BCUT2D eigenvalue weighted by atomic mass is 32.2. The van der Waals surface area contributed by atoms with Crippen LogP contribution in [-0.2, 0) is 22.6 Å². The lowest BCUT2D eigenvalue weighted by Crippen LogP contribution is -2.39. The van der Waals surface area contributed by atoms with Gasteiger partial charge in [0, 0.05) is 31.1 Å². The van der Waals surface area contributed by atoms with Crippen molar-refractivity contribution >= 4 is 11.8 Å². The summed E-state index contributed by atoms with van der Waals surface area (Å²) in [5, 5.41) is 4.57. The van der Waals surface area contributed by atoms with E-state index in [1.54, 1.807) is 0 Å². The molecular formula is C20H31NO2S. The van der Waals surface area contributed by atoms with Gasteiger partial charge < -0.3 is 14.8 Å². The van der Waals surface area contributed by atoms with Gasteiger partial charge in [-0.05, 0) is 43.1 Å². The molecular weight excluding hydrogens is 318 g/mol. The van der Waals surface area contributed by atoms with Crippen molar-refractivity contribution in [2.24, 2.45) is 0 Å². The first-order valence-corrected chi connectivity index (χ1v) is 10.7. The van der Waals surface area contributed by atoms with E-state index < -0.39 is 0 Å². The van der Waals surface area contributed by atoms with Crippen LogP contribution in [0.2, 0.25) is 0 Å². The van der Waals surface area contributed by atoms with Gasteiger partial charge in [0.15, 0.2) is 0 Å². The summed E-state index contributed by atoms with van der Waals surface area (Å²) in [6.07, 6.45) is 10.1. The Morgan fingerprint density at radius 3 is 2.75 bits per heavy atom. The molecule has 134 valence electrons. The van der Waals surface area contributed by atoms with Crippen LogP contribution >= 0.6 is 11.8 Å². The number of thioether (sulfide) groups is 1. The van der Waals surface area contributed by atoms with Gasteiger partial charge in [-0.1, -0.05) is 37.1 Å². The minimum absolute atomic E-state index is 0.366. The Bertz CT molecular complexity index is 490. The fourth-order valence-corrected chi connectivity index (χ4v) is 4.71. The third-order valence-electron chi connectivity index (χ3n) is 5.22. The predicted octanol–water partition coefficient (Wildman–Crippen LogP) is 4.15. The molecule has 0 radical (unpaired) electrons. The van der Waals surface area contributed by atoms with Crippen molar-refractivity contribution in [1.82, 2.24) is 5.32 Å². The normalized spacial score (nSPS) is 25.7. The van der Waals surface area contributed by atoms with Crippen LogP contribution in [0.1, 0.15) is 49.7 Å². The van der Waals surface area contributed by atoms with Gasteiger partial charge in [-0.15, -0.1) is 0 Å². The topological polar surface area (TPSA) is 30.5 Å². The standard InChI is InChI=1S/C20H31NO2S/c1-24-20-8-3-2-7-19(20)21-14-16-5-4-6-17(13-16)15-23-18-9-11-22-12-10-18/h4-6,13,18-21H,2-3,7-12,14-15H2,1H3. The average molecular weight is 350 g/mol. The Morgan fingerprint density at radius 1 is 1.12 bits per heavy atom. The van der Waals surface area contributed by atoms with E-state index >= 15 is 0 Å². The van der Waals surface area contributed by atoms with Crippen molar-refractivity contribution in [2.45, 2.75) is 69.1 Å². The van der Waals surface area contributed by atoms with Crippen LogP contribution in [0, 0.1) is 0 Å². The van der Waals surface area contributed by atoms with Crippen molar-refractivity contribution in [1.29, 1.82) is 0 Å². The van der Waals surface area contributed by atoms with Gasteiger partial charge in [-0.2, -0.15) is 11.8 Å². The van der Waals surface area contributed by atoms with Gasteiger partial charge in [0.25, 0.3) is 0 Å². The SMILES string of the molecule is CSC1CCCCC1NCc1cccc(COC2CCOCC2)c1. The Kier molecular flexibility index (Phi) is 7.46. The smallest absolute Gasteiger partial charge is 0.0720 e. The van der Waals surface area contributed by atoms with Gasteiger partial charge in [0.1, 0.15) is 0 Å². The van der Waals surface area contributed by atoms with Crippen molar-refractivity contribution in [3.8, 4) is 0 Å². The second-order valence-electron chi connectivity index (χ2n) is 6.99. The second-order valence-corrected chi connectivity index (χ2v) is 8.07. The van der Waals surface area contributed by atoms with E-state index in [0.717, 1.165) is 44.5 Å². The summed E-state index contributed by atoms with van der Waals surface area (Å²) in [4.78, 5) is 0. The third-order valence-corrected chi connectivity index (χ3v) is 6.39. The molecule has 1 aliphatic heterocycles. The number of nitrogens with one attached hydrogen (secondary N) is 1. The van der Waals surface area contributed by atoms with E-state index in [4.69, 9.17) is 9.47 Å². The minimum atomic E-state index is 0.366. The zero-order valence-electron chi connectivity index (χ0n) is 14.8. The molecule has 4 heteroatoms. The molecule has 1 heterocycles. The van der Waals surface area contributed by atoms with Crippen LogP contribution < -0.4 is 5.32 Å². The van der Waals surface area contributed by atoms with Crippen molar-refractivity contribution in [2.75, 3.05) is 19.5 Å². The molecule has 2 atom stereocenters. The molecule has 3 rings (SSSR count).